The van der Waals surface area contributed by atoms with Crippen molar-refractivity contribution in [1.29, 1.82) is 0 Å². The Morgan fingerprint density at radius 1 is 1.21 bits per heavy atom. The normalized spacial score (nSPS) is 18.1. The minimum Gasteiger partial charge on any atom is -0.481 e. The molecule has 1 saturated heterocycles. The zero-order chi connectivity index (χ0) is 14.3. The molecule has 0 aromatic carbocycles. The molecular weight excluding hydrogens is 244 g/mol. The van der Waals surface area contributed by atoms with E-state index < -0.39 is 11.4 Å². The first-order valence-corrected chi connectivity index (χ1v) is 7.32. The Bertz CT molecular complexity index is 310. The van der Waals surface area contributed by atoms with Gasteiger partial charge in [0.15, 0.2) is 0 Å². The predicted octanol–water partition coefficient (Wildman–Crippen LogP) is 2.46. The van der Waals surface area contributed by atoms with Crippen molar-refractivity contribution in [3.63, 3.8) is 0 Å². The number of rotatable bonds is 6. The van der Waals surface area contributed by atoms with Crippen LogP contribution in [0.4, 0.5) is 4.79 Å². The number of nitrogens with one attached hydrogen (secondary N) is 1. The number of aliphatic carboxylic acids is 1. The lowest BCUT2D eigenvalue weighted by molar-refractivity contribution is -0.152. The lowest BCUT2D eigenvalue weighted by Crippen LogP contribution is -2.49. The summed E-state index contributed by atoms with van der Waals surface area (Å²) in [7, 11) is 0. The molecule has 1 rings (SSSR count). The SMILES string of the molecule is CCCCNC(=O)N1CCC(CCC)(C(=O)O)CC1. The Morgan fingerprint density at radius 3 is 2.32 bits per heavy atom. The van der Waals surface area contributed by atoms with E-state index in [2.05, 4.69) is 12.2 Å². The number of nitrogens with zero attached hydrogens (tertiary/aromatic N) is 1. The molecule has 1 heterocycles. The van der Waals surface area contributed by atoms with Crippen molar-refractivity contribution >= 4 is 12.0 Å². The second-order valence-electron chi connectivity index (χ2n) is 5.41. The summed E-state index contributed by atoms with van der Waals surface area (Å²) in [4.78, 5) is 25.1. The van der Waals surface area contributed by atoms with E-state index in [-0.39, 0.29) is 6.03 Å². The maximum atomic E-state index is 11.9. The largest absolute Gasteiger partial charge is 0.481 e. The van der Waals surface area contributed by atoms with Gasteiger partial charge < -0.3 is 15.3 Å². The number of unbranched alkanes of at least 4 members (excludes halogenated alkanes) is 1. The summed E-state index contributed by atoms with van der Waals surface area (Å²) in [6, 6.07) is -0.0519. The fraction of sp³-hybridized carbons (Fsp3) is 0.857. The molecule has 0 aliphatic carbocycles. The van der Waals surface area contributed by atoms with Crippen LogP contribution in [0.2, 0.25) is 0 Å². The fourth-order valence-electron chi connectivity index (χ4n) is 2.67. The summed E-state index contributed by atoms with van der Waals surface area (Å²) in [5.74, 6) is -0.708. The Labute approximate surface area is 115 Å². The summed E-state index contributed by atoms with van der Waals surface area (Å²) in [5, 5.41) is 12.3. The van der Waals surface area contributed by atoms with E-state index in [1.807, 2.05) is 6.92 Å². The van der Waals surface area contributed by atoms with Crippen molar-refractivity contribution in [2.75, 3.05) is 19.6 Å². The van der Waals surface area contributed by atoms with Crippen LogP contribution in [-0.2, 0) is 4.79 Å². The van der Waals surface area contributed by atoms with Gasteiger partial charge in [-0.3, -0.25) is 4.79 Å². The Morgan fingerprint density at radius 2 is 1.84 bits per heavy atom. The van der Waals surface area contributed by atoms with Crippen LogP contribution in [0.3, 0.4) is 0 Å². The van der Waals surface area contributed by atoms with Gasteiger partial charge in [0.1, 0.15) is 0 Å². The molecular formula is C14H26N2O3. The van der Waals surface area contributed by atoms with Crippen LogP contribution < -0.4 is 5.32 Å². The summed E-state index contributed by atoms with van der Waals surface area (Å²) >= 11 is 0. The zero-order valence-corrected chi connectivity index (χ0v) is 12.1. The van der Waals surface area contributed by atoms with Gasteiger partial charge in [-0.1, -0.05) is 26.7 Å². The van der Waals surface area contributed by atoms with E-state index in [0.717, 1.165) is 19.3 Å². The number of urea groups is 1. The van der Waals surface area contributed by atoms with Gasteiger partial charge in [-0.15, -0.1) is 0 Å². The van der Waals surface area contributed by atoms with Gasteiger partial charge in [-0.05, 0) is 25.7 Å². The quantitative estimate of drug-likeness (QED) is 0.728. The van der Waals surface area contributed by atoms with Gasteiger partial charge in [0.2, 0.25) is 0 Å². The van der Waals surface area contributed by atoms with E-state index in [1.54, 1.807) is 4.90 Å². The van der Waals surface area contributed by atoms with Crippen LogP contribution in [0.1, 0.15) is 52.4 Å². The van der Waals surface area contributed by atoms with Crippen molar-refractivity contribution in [3.05, 3.63) is 0 Å². The van der Waals surface area contributed by atoms with Crippen molar-refractivity contribution in [1.82, 2.24) is 10.2 Å². The Kier molecular flexibility index (Phi) is 6.12. The molecule has 2 amide bonds. The Balaban J connectivity index is 2.46. The van der Waals surface area contributed by atoms with E-state index in [0.29, 0.717) is 38.9 Å². The topological polar surface area (TPSA) is 69.6 Å². The second kappa shape index (κ2) is 7.36. The van der Waals surface area contributed by atoms with Crippen molar-refractivity contribution < 1.29 is 14.7 Å². The van der Waals surface area contributed by atoms with Crippen LogP contribution in [-0.4, -0.2) is 41.6 Å². The average molecular weight is 270 g/mol. The van der Waals surface area contributed by atoms with Crippen LogP contribution >= 0.6 is 0 Å². The minimum atomic E-state index is -0.708. The number of carboxylic acid groups (broad SMARTS) is 1. The molecule has 0 atom stereocenters. The summed E-state index contributed by atoms with van der Waals surface area (Å²) in [5.41, 5.74) is -0.616. The van der Waals surface area contributed by atoms with Crippen LogP contribution in [0, 0.1) is 5.41 Å². The number of amides is 2. The van der Waals surface area contributed by atoms with Gasteiger partial charge in [0, 0.05) is 19.6 Å². The monoisotopic (exact) mass is 270 g/mol. The molecule has 1 aliphatic rings. The molecule has 19 heavy (non-hydrogen) atoms. The molecule has 2 N–H and O–H groups in total. The molecule has 0 radical (unpaired) electrons. The molecule has 0 unspecified atom stereocenters. The number of carbonyl (C=O) groups is 2. The first kappa shape index (κ1) is 15.8. The molecule has 5 nitrogen and oxygen atoms in total. The lowest BCUT2D eigenvalue weighted by Gasteiger charge is -2.38. The summed E-state index contributed by atoms with van der Waals surface area (Å²) in [6.07, 6.45) is 4.74. The molecule has 0 saturated carbocycles. The minimum absolute atomic E-state index is 0.0519. The van der Waals surface area contributed by atoms with Gasteiger partial charge in [0.05, 0.1) is 5.41 Å². The van der Waals surface area contributed by atoms with E-state index in [9.17, 15) is 14.7 Å². The Hall–Kier alpha value is -1.26. The third kappa shape index (κ3) is 4.11. The average Bonchev–Trinajstić information content (AvgIpc) is 2.40. The van der Waals surface area contributed by atoms with Crippen molar-refractivity contribution in [2.24, 2.45) is 5.41 Å². The highest BCUT2D eigenvalue weighted by atomic mass is 16.4. The van der Waals surface area contributed by atoms with Crippen molar-refractivity contribution in [2.45, 2.75) is 52.4 Å². The molecule has 0 aromatic heterocycles. The van der Waals surface area contributed by atoms with Gasteiger partial charge in [0.25, 0.3) is 0 Å². The number of carbonyl (C=O) groups excluding carboxylic acids is 1. The first-order chi connectivity index (χ1) is 9.05. The number of hydrogen-bond donors (Lipinski definition) is 2. The molecule has 1 aliphatic heterocycles. The van der Waals surface area contributed by atoms with Crippen LogP contribution in [0.25, 0.3) is 0 Å². The van der Waals surface area contributed by atoms with Gasteiger partial charge in [-0.25, -0.2) is 4.79 Å². The van der Waals surface area contributed by atoms with Crippen molar-refractivity contribution in [3.8, 4) is 0 Å². The third-order valence-corrected chi connectivity index (χ3v) is 4.00. The maximum absolute atomic E-state index is 11.9. The number of piperidine rings is 1. The molecule has 0 aromatic rings. The van der Waals surface area contributed by atoms with Gasteiger partial charge in [-0.2, -0.15) is 0 Å². The smallest absolute Gasteiger partial charge is 0.317 e. The zero-order valence-electron chi connectivity index (χ0n) is 12.1. The molecule has 110 valence electrons. The molecule has 0 bridgehead atoms. The second-order valence-corrected chi connectivity index (χ2v) is 5.41. The van der Waals surface area contributed by atoms with E-state index in [1.165, 1.54) is 0 Å². The fourth-order valence-corrected chi connectivity index (χ4v) is 2.67. The van der Waals surface area contributed by atoms with Crippen LogP contribution in [0.15, 0.2) is 0 Å². The highest BCUT2D eigenvalue weighted by Crippen LogP contribution is 2.36. The third-order valence-electron chi connectivity index (χ3n) is 4.00. The summed E-state index contributed by atoms with van der Waals surface area (Å²) in [6.45, 7) is 5.88. The first-order valence-electron chi connectivity index (χ1n) is 7.32. The number of carboxylic acids is 1. The van der Waals surface area contributed by atoms with E-state index >= 15 is 0 Å². The highest BCUT2D eigenvalue weighted by molar-refractivity contribution is 5.77. The van der Waals surface area contributed by atoms with Gasteiger partial charge >= 0.3 is 12.0 Å². The standard InChI is InChI=1S/C14H26N2O3/c1-3-5-9-15-13(19)16-10-7-14(6-4-2,8-11-16)12(17)18/h3-11H2,1-2H3,(H,15,19)(H,17,18). The van der Waals surface area contributed by atoms with Crippen LogP contribution in [0.5, 0.6) is 0 Å². The number of likely N-dealkylation sites (tertiary alicyclic amines) is 1. The maximum Gasteiger partial charge on any atom is 0.317 e. The lowest BCUT2D eigenvalue weighted by atomic mass is 9.75. The summed E-state index contributed by atoms with van der Waals surface area (Å²) < 4.78 is 0. The van der Waals surface area contributed by atoms with E-state index in [4.69, 9.17) is 0 Å². The number of hydrogen-bond acceptors (Lipinski definition) is 2. The predicted molar refractivity (Wildman–Crippen MR) is 74.1 cm³/mol. The molecule has 5 heteroatoms. The molecule has 0 spiro atoms. The highest BCUT2D eigenvalue weighted by Gasteiger charge is 2.41. The molecule has 1 fully saturated rings.